The molecular weight excluding hydrogens is 306 g/mol. The number of aromatic hydroxyl groups is 2. The highest BCUT2D eigenvalue weighted by atomic mass is 79.9. The standard InChI is InChI=1S/C15H16BrNO2/c1-10(12-4-2-3-5-13(12)16)17-9-11-6-7-14(18)15(19)8-11/h2-8,10,17-19H,9H2,1H3/t10-/m0/s1. The molecule has 0 aliphatic heterocycles. The fourth-order valence-corrected chi connectivity index (χ4v) is 2.51. The molecule has 2 rings (SSSR count). The molecule has 0 fully saturated rings. The van der Waals surface area contributed by atoms with Crippen LogP contribution in [-0.4, -0.2) is 10.2 Å². The fraction of sp³-hybridized carbons (Fsp3) is 0.200. The number of phenolic OH excluding ortho intramolecular Hbond substituents is 2. The summed E-state index contributed by atoms with van der Waals surface area (Å²) in [5.41, 5.74) is 2.11. The molecule has 0 aromatic heterocycles. The van der Waals surface area contributed by atoms with E-state index in [0.717, 1.165) is 10.0 Å². The van der Waals surface area contributed by atoms with Gasteiger partial charge >= 0.3 is 0 Å². The van der Waals surface area contributed by atoms with Crippen LogP contribution < -0.4 is 5.32 Å². The predicted molar refractivity (Wildman–Crippen MR) is 79.2 cm³/mol. The Hall–Kier alpha value is -1.52. The van der Waals surface area contributed by atoms with Crippen LogP contribution in [0.1, 0.15) is 24.1 Å². The Kier molecular flexibility index (Phi) is 4.45. The molecule has 0 spiro atoms. The van der Waals surface area contributed by atoms with Crippen molar-refractivity contribution in [3.05, 3.63) is 58.1 Å². The molecule has 2 aromatic carbocycles. The molecule has 0 aliphatic rings. The van der Waals surface area contributed by atoms with Gasteiger partial charge in [0.15, 0.2) is 11.5 Å². The molecule has 2 aromatic rings. The van der Waals surface area contributed by atoms with Crippen LogP contribution in [0, 0.1) is 0 Å². The summed E-state index contributed by atoms with van der Waals surface area (Å²) in [5, 5.41) is 22.1. The summed E-state index contributed by atoms with van der Waals surface area (Å²) >= 11 is 3.53. The molecule has 4 heteroatoms. The fourth-order valence-electron chi connectivity index (χ4n) is 1.89. The lowest BCUT2D eigenvalue weighted by atomic mass is 10.1. The van der Waals surface area contributed by atoms with Gasteiger partial charge in [0.2, 0.25) is 0 Å². The van der Waals surface area contributed by atoms with Crippen molar-refractivity contribution in [2.75, 3.05) is 0 Å². The van der Waals surface area contributed by atoms with Crippen LogP contribution in [0.5, 0.6) is 11.5 Å². The number of rotatable bonds is 4. The first-order valence-corrected chi connectivity index (χ1v) is 6.86. The number of benzene rings is 2. The van der Waals surface area contributed by atoms with Gasteiger partial charge in [0, 0.05) is 17.1 Å². The SMILES string of the molecule is C[C@H](NCc1ccc(O)c(O)c1)c1ccccc1Br. The van der Waals surface area contributed by atoms with Gasteiger partial charge in [-0.15, -0.1) is 0 Å². The molecular formula is C15H16BrNO2. The van der Waals surface area contributed by atoms with E-state index in [0.29, 0.717) is 6.54 Å². The van der Waals surface area contributed by atoms with E-state index in [1.54, 1.807) is 12.1 Å². The van der Waals surface area contributed by atoms with E-state index in [4.69, 9.17) is 0 Å². The zero-order valence-electron chi connectivity index (χ0n) is 10.6. The second-order valence-electron chi connectivity index (χ2n) is 4.45. The third kappa shape index (κ3) is 3.49. The van der Waals surface area contributed by atoms with Gasteiger partial charge in [0.05, 0.1) is 0 Å². The van der Waals surface area contributed by atoms with Crippen molar-refractivity contribution in [2.24, 2.45) is 0 Å². The molecule has 100 valence electrons. The average molecular weight is 322 g/mol. The molecule has 19 heavy (non-hydrogen) atoms. The van der Waals surface area contributed by atoms with Crippen LogP contribution in [0.25, 0.3) is 0 Å². The summed E-state index contributed by atoms with van der Waals surface area (Å²) < 4.78 is 1.07. The van der Waals surface area contributed by atoms with Gasteiger partial charge in [-0.2, -0.15) is 0 Å². The molecule has 1 atom stereocenters. The maximum atomic E-state index is 9.44. The average Bonchev–Trinajstić information content (AvgIpc) is 2.40. The minimum atomic E-state index is -0.0948. The number of hydrogen-bond acceptors (Lipinski definition) is 3. The maximum Gasteiger partial charge on any atom is 0.157 e. The number of phenols is 2. The number of halogens is 1. The van der Waals surface area contributed by atoms with Crippen molar-refractivity contribution in [1.82, 2.24) is 5.32 Å². The van der Waals surface area contributed by atoms with E-state index >= 15 is 0 Å². The number of hydrogen-bond donors (Lipinski definition) is 3. The number of nitrogens with one attached hydrogen (secondary N) is 1. The largest absolute Gasteiger partial charge is 0.504 e. The minimum absolute atomic E-state index is 0.0900. The first kappa shape index (κ1) is 13.9. The lowest BCUT2D eigenvalue weighted by Gasteiger charge is -2.16. The second kappa shape index (κ2) is 6.08. The van der Waals surface area contributed by atoms with Gasteiger partial charge in [-0.1, -0.05) is 40.2 Å². The molecule has 0 bridgehead atoms. The highest BCUT2D eigenvalue weighted by Crippen LogP contribution is 2.26. The quantitative estimate of drug-likeness (QED) is 0.752. The minimum Gasteiger partial charge on any atom is -0.504 e. The van der Waals surface area contributed by atoms with Crippen LogP contribution in [0.3, 0.4) is 0 Å². The highest BCUT2D eigenvalue weighted by molar-refractivity contribution is 9.10. The normalized spacial score (nSPS) is 12.3. The van der Waals surface area contributed by atoms with Gasteiger partial charge in [0.25, 0.3) is 0 Å². The van der Waals surface area contributed by atoms with Gasteiger partial charge in [-0.3, -0.25) is 0 Å². The molecule has 0 amide bonds. The summed E-state index contributed by atoms with van der Waals surface area (Å²) in [6.07, 6.45) is 0. The van der Waals surface area contributed by atoms with E-state index < -0.39 is 0 Å². The second-order valence-corrected chi connectivity index (χ2v) is 5.30. The summed E-state index contributed by atoms with van der Waals surface area (Å²) in [4.78, 5) is 0. The van der Waals surface area contributed by atoms with Gasteiger partial charge in [-0.25, -0.2) is 0 Å². The zero-order chi connectivity index (χ0) is 13.8. The summed E-state index contributed by atoms with van der Waals surface area (Å²) in [6, 6.07) is 13.1. The van der Waals surface area contributed by atoms with Crippen LogP contribution >= 0.6 is 15.9 Å². The molecule has 0 saturated carbocycles. The van der Waals surface area contributed by atoms with Crippen molar-refractivity contribution in [1.29, 1.82) is 0 Å². The lowest BCUT2D eigenvalue weighted by molar-refractivity contribution is 0.402. The Bertz CT molecular complexity index is 572. The third-order valence-electron chi connectivity index (χ3n) is 3.02. The third-order valence-corrected chi connectivity index (χ3v) is 3.75. The smallest absolute Gasteiger partial charge is 0.157 e. The molecule has 0 saturated heterocycles. The summed E-state index contributed by atoms with van der Waals surface area (Å²) in [5.74, 6) is -0.185. The van der Waals surface area contributed by atoms with Gasteiger partial charge < -0.3 is 15.5 Å². The molecule has 0 aliphatic carbocycles. The van der Waals surface area contributed by atoms with E-state index in [1.807, 2.05) is 18.2 Å². The van der Waals surface area contributed by atoms with Crippen molar-refractivity contribution in [3.63, 3.8) is 0 Å². The van der Waals surface area contributed by atoms with Crippen molar-refractivity contribution in [3.8, 4) is 11.5 Å². The summed E-state index contributed by atoms with van der Waals surface area (Å²) in [6.45, 7) is 2.71. The first-order valence-electron chi connectivity index (χ1n) is 6.06. The Morgan fingerprint density at radius 3 is 2.53 bits per heavy atom. The molecule has 0 unspecified atom stereocenters. The van der Waals surface area contributed by atoms with E-state index in [1.165, 1.54) is 11.6 Å². The monoisotopic (exact) mass is 321 g/mol. The van der Waals surface area contributed by atoms with E-state index in [2.05, 4.69) is 34.2 Å². The highest BCUT2D eigenvalue weighted by Gasteiger charge is 2.08. The first-order chi connectivity index (χ1) is 9.08. The lowest BCUT2D eigenvalue weighted by Crippen LogP contribution is -2.18. The maximum absolute atomic E-state index is 9.44. The summed E-state index contributed by atoms with van der Waals surface area (Å²) in [7, 11) is 0. The van der Waals surface area contributed by atoms with Crippen molar-refractivity contribution >= 4 is 15.9 Å². The zero-order valence-corrected chi connectivity index (χ0v) is 12.2. The molecule has 0 radical (unpaired) electrons. The topological polar surface area (TPSA) is 52.5 Å². The Morgan fingerprint density at radius 2 is 1.84 bits per heavy atom. The van der Waals surface area contributed by atoms with Crippen molar-refractivity contribution < 1.29 is 10.2 Å². The van der Waals surface area contributed by atoms with Crippen molar-refractivity contribution in [2.45, 2.75) is 19.5 Å². The van der Waals surface area contributed by atoms with Crippen LogP contribution in [-0.2, 0) is 6.54 Å². The van der Waals surface area contributed by atoms with Crippen LogP contribution in [0.2, 0.25) is 0 Å². The molecule has 3 nitrogen and oxygen atoms in total. The molecule has 3 N–H and O–H groups in total. The van der Waals surface area contributed by atoms with Gasteiger partial charge in [0.1, 0.15) is 0 Å². The Morgan fingerprint density at radius 1 is 1.11 bits per heavy atom. The van der Waals surface area contributed by atoms with Crippen LogP contribution in [0.4, 0.5) is 0 Å². The Balaban J connectivity index is 2.02. The van der Waals surface area contributed by atoms with Gasteiger partial charge in [-0.05, 0) is 36.2 Å². The van der Waals surface area contributed by atoms with E-state index in [-0.39, 0.29) is 17.5 Å². The van der Waals surface area contributed by atoms with Crippen LogP contribution in [0.15, 0.2) is 46.9 Å². The van der Waals surface area contributed by atoms with E-state index in [9.17, 15) is 10.2 Å². The molecule has 0 heterocycles. The Labute approximate surface area is 121 Å². The predicted octanol–water partition coefficient (Wildman–Crippen LogP) is 3.71.